The van der Waals surface area contributed by atoms with Gasteiger partial charge in [-0.05, 0) is 23.2 Å². The molecule has 0 aliphatic heterocycles. The maximum absolute atomic E-state index is 12.6. The van der Waals surface area contributed by atoms with Gasteiger partial charge in [-0.1, -0.05) is 24.3 Å². The number of hydrogen-bond donors (Lipinski definition) is 0. The molecule has 0 saturated heterocycles. The van der Waals surface area contributed by atoms with Crippen molar-refractivity contribution in [2.45, 2.75) is 12.6 Å². The minimum Gasteiger partial charge on any atom is -0.301 e. The average molecular weight is 306 g/mol. The van der Waals surface area contributed by atoms with E-state index in [9.17, 15) is 22.8 Å². The monoisotopic (exact) mass is 305 g/mol. The fourth-order valence-corrected chi connectivity index (χ4v) is 1.79. The third-order valence-corrected chi connectivity index (χ3v) is 2.54. The Bertz CT molecular complexity index is 529. The van der Waals surface area contributed by atoms with Gasteiger partial charge >= 0.3 is 12.1 Å². The molecule has 0 heterocycles. The van der Waals surface area contributed by atoms with E-state index in [0.29, 0.717) is 4.90 Å². The van der Waals surface area contributed by atoms with E-state index >= 15 is 0 Å². The summed E-state index contributed by atoms with van der Waals surface area (Å²) in [4.78, 5) is 22.9. The van der Waals surface area contributed by atoms with Gasteiger partial charge in [0.25, 0.3) is 0 Å². The van der Waals surface area contributed by atoms with Crippen molar-refractivity contribution in [3.8, 4) is 0 Å². The molecule has 0 aliphatic rings. The lowest BCUT2D eigenvalue weighted by Gasteiger charge is -2.24. The van der Waals surface area contributed by atoms with E-state index in [4.69, 9.17) is 11.6 Å². The van der Waals surface area contributed by atoms with E-state index in [1.807, 2.05) is 0 Å². The minimum absolute atomic E-state index is 0.0104. The molecule has 0 atom stereocenters. The maximum atomic E-state index is 12.6. The molecule has 0 fully saturated rings. The third kappa shape index (κ3) is 4.09. The van der Waals surface area contributed by atoms with Crippen LogP contribution >= 0.6 is 11.6 Å². The van der Waals surface area contributed by atoms with Crippen molar-refractivity contribution in [2.24, 2.45) is 0 Å². The third-order valence-electron chi connectivity index (χ3n) is 2.41. The number of hydrogen-bond acceptors (Lipinski definition) is 2. The summed E-state index contributed by atoms with van der Waals surface area (Å²) < 4.78 is 37.8. The Kier molecular flexibility index (Phi) is 5.33. The summed E-state index contributed by atoms with van der Waals surface area (Å²) >= 11 is 5.25. The highest BCUT2D eigenvalue weighted by Crippen LogP contribution is 2.27. The second kappa shape index (κ2) is 6.56. The second-order valence-corrected chi connectivity index (χ2v) is 4.28. The lowest BCUT2D eigenvalue weighted by atomic mass is 10.1. The zero-order valence-corrected chi connectivity index (χ0v) is 11.0. The molecule has 0 aromatic heterocycles. The maximum Gasteiger partial charge on any atom is 0.471 e. The van der Waals surface area contributed by atoms with Crippen molar-refractivity contribution in [1.82, 2.24) is 0 Å². The zero-order valence-electron chi connectivity index (χ0n) is 10.3. The Morgan fingerprint density at radius 1 is 1.30 bits per heavy atom. The predicted molar refractivity (Wildman–Crippen MR) is 69.6 cm³/mol. The number of amides is 1. The molecular formula is C13H11ClF3NO2. The fourth-order valence-electron chi connectivity index (χ4n) is 1.65. The van der Waals surface area contributed by atoms with E-state index in [2.05, 4.69) is 6.58 Å². The molecule has 7 heteroatoms. The van der Waals surface area contributed by atoms with Gasteiger partial charge in [-0.2, -0.15) is 13.2 Å². The van der Waals surface area contributed by atoms with E-state index in [0.717, 1.165) is 0 Å². The van der Waals surface area contributed by atoms with Gasteiger partial charge in [0, 0.05) is 18.7 Å². The van der Waals surface area contributed by atoms with Crippen LogP contribution < -0.4 is 4.90 Å². The first kappa shape index (κ1) is 16.2. The lowest BCUT2D eigenvalue weighted by molar-refractivity contribution is -0.170. The number of carbonyl (C=O) groups is 2. The number of rotatable bonds is 5. The highest BCUT2D eigenvalue weighted by Gasteiger charge is 2.43. The molecule has 1 aromatic rings. The van der Waals surface area contributed by atoms with Crippen molar-refractivity contribution in [1.29, 1.82) is 0 Å². The summed E-state index contributed by atoms with van der Waals surface area (Å²) in [7, 11) is 0. The highest BCUT2D eigenvalue weighted by atomic mass is 35.5. The van der Waals surface area contributed by atoms with Crippen LogP contribution in [0.25, 0.3) is 0 Å². The minimum atomic E-state index is -5.01. The summed E-state index contributed by atoms with van der Waals surface area (Å²) in [5.74, 6) is -2.02. The highest BCUT2D eigenvalue weighted by molar-refractivity contribution is 6.63. The predicted octanol–water partition coefficient (Wildman–Crippen LogP) is 3.08. The van der Waals surface area contributed by atoms with Gasteiger partial charge in [0.05, 0.1) is 0 Å². The number of alkyl halides is 3. The molecule has 0 spiro atoms. The molecule has 0 unspecified atom stereocenters. The van der Waals surface area contributed by atoms with Crippen LogP contribution in [-0.4, -0.2) is 23.9 Å². The van der Waals surface area contributed by atoms with Crippen LogP contribution in [0.3, 0.4) is 0 Å². The van der Waals surface area contributed by atoms with E-state index in [1.165, 1.54) is 24.3 Å². The molecule has 20 heavy (non-hydrogen) atoms. The smallest absolute Gasteiger partial charge is 0.301 e. The molecule has 3 nitrogen and oxygen atoms in total. The van der Waals surface area contributed by atoms with Gasteiger partial charge < -0.3 is 4.90 Å². The molecule has 0 bridgehead atoms. The van der Waals surface area contributed by atoms with Gasteiger partial charge in [-0.25, -0.2) is 0 Å². The Morgan fingerprint density at radius 3 is 2.40 bits per heavy atom. The molecule has 0 aliphatic carbocycles. The van der Waals surface area contributed by atoms with E-state index in [-0.39, 0.29) is 24.2 Å². The molecule has 1 aromatic carbocycles. The van der Waals surface area contributed by atoms with Gasteiger partial charge in [0.15, 0.2) is 0 Å². The molecule has 0 radical (unpaired) electrons. The Morgan fingerprint density at radius 2 is 1.90 bits per heavy atom. The number of halogens is 4. The first-order valence-corrected chi connectivity index (χ1v) is 5.91. The van der Waals surface area contributed by atoms with Crippen molar-refractivity contribution < 1.29 is 22.8 Å². The Labute approximate surface area is 118 Å². The van der Waals surface area contributed by atoms with Crippen LogP contribution in [0.1, 0.15) is 5.56 Å². The summed E-state index contributed by atoms with van der Waals surface area (Å²) in [6, 6.07) is 5.78. The van der Waals surface area contributed by atoms with E-state index in [1.54, 1.807) is 6.07 Å². The molecule has 0 N–H and O–H groups in total. The molecular weight excluding hydrogens is 295 g/mol. The van der Waals surface area contributed by atoms with Crippen LogP contribution in [0, 0.1) is 0 Å². The normalized spacial score (nSPS) is 11.0. The fraction of sp³-hybridized carbons (Fsp3) is 0.231. The van der Waals surface area contributed by atoms with Crippen LogP contribution in [0.2, 0.25) is 0 Å². The lowest BCUT2D eigenvalue weighted by Crippen LogP contribution is -2.41. The average Bonchev–Trinajstić information content (AvgIpc) is 2.34. The number of benzene rings is 1. The van der Waals surface area contributed by atoms with Crippen molar-refractivity contribution >= 4 is 28.4 Å². The summed E-state index contributed by atoms with van der Waals surface area (Å²) in [5, 5.41) is -0.726. The molecule has 1 rings (SSSR count). The zero-order chi connectivity index (χ0) is 15.3. The van der Waals surface area contributed by atoms with Crippen molar-refractivity contribution in [3.63, 3.8) is 0 Å². The van der Waals surface area contributed by atoms with Crippen LogP contribution in [0.15, 0.2) is 36.9 Å². The number of carbonyl (C=O) groups excluding carboxylic acids is 2. The summed E-state index contributed by atoms with van der Waals surface area (Å²) in [6.45, 7) is 3.00. The number of anilines is 1. The first-order chi connectivity index (χ1) is 9.27. The summed E-state index contributed by atoms with van der Waals surface area (Å²) in [5.41, 5.74) is 0.232. The van der Waals surface area contributed by atoms with Gasteiger partial charge in [-0.3, -0.25) is 9.59 Å². The first-order valence-electron chi connectivity index (χ1n) is 5.53. The largest absolute Gasteiger partial charge is 0.471 e. The van der Waals surface area contributed by atoms with E-state index < -0.39 is 17.3 Å². The molecule has 108 valence electrons. The Hall–Kier alpha value is -1.82. The van der Waals surface area contributed by atoms with Crippen LogP contribution in [0.5, 0.6) is 0 Å². The number of nitrogens with zero attached hydrogens (tertiary/aromatic N) is 1. The Balaban J connectivity index is 3.25. The van der Waals surface area contributed by atoms with Gasteiger partial charge in [0.2, 0.25) is 5.24 Å². The SMILES string of the molecule is C=CCN(C(=O)C(F)(F)F)c1ccccc1CC(=O)Cl. The molecule has 0 saturated carbocycles. The topological polar surface area (TPSA) is 37.4 Å². The van der Waals surface area contributed by atoms with Gasteiger partial charge in [-0.15, -0.1) is 6.58 Å². The van der Waals surface area contributed by atoms with Crippen molar-refractivity contribution in [2.75, 3.05) is 11.4 Å². The quantitative estimate of drug-likeness (QED) is 0.619. The van der Waals surface area contributed by atoms with Crippen LogP contribution in [-0.2, 0) is 16.0 Å². The molecule has 1 amide bonds. The summed E-state index contributed by atoms with van der Waals surface area (Å²) in [6.07, 6.45) is -4.11. The number of para-hydroxylation sites is 1. The van der Waals surface area contributed by atoms with Crippen LogP contribution in [0.4, 0.5) is 18.9 Å². The van der Waals surface area contributed by atoms with Gasteiger partial charge in [0.1, 0.15) is 0 Å². The second-order valence-electron chi connectivity index (χ2n) is 3.86. The standard InChI is InChI=1S/C13H11ClF3NO2/c1-2-7-18(12(20)13(15,16)17)10-6-4-3-5-9(10)8-11(14)19/h2-6H,1,7-8H2. The van der Waals surface area contributed by atoms with Crippen molar-refractivity contribution in [3.05, 3.63) is 42.5 Å².